The van der Waals surface area contributed by atoms with Crippen LogP contribution in [0.15, 0.2) is 72.9 Å². The first kappa shape index (κ1) is 15.7. The Labute approximate surface area is 150 Å². The molecule has 4 rings (SSSR count). The second-order valence-electron chi connectivity index (χ2n) is 5.80. The van der Waals surface area contributed by atoms with E-state index in [1.165, 1.54) is 0 Å². The van der Waals surface area contributed by atoms with Gasteiger partial charge in [-0.1, -0.05) is 53.2 Å². The molecule has 25 heavy (non-hydrogen) atoms. The Bertz CT molecular complexity index is 1010. The first-order valence-electron chi connectivity index (χ1n) is 8.03. The average molecular weight is 350 g/mol. The molecule has 0 aliphatic heterocycles. The fourth-order valence-electron chi connectivity index (χ4n) is 2.73. The molecule has 1 unspecified atom stereocenters. The summed E-state index contributed by atoms with van der Waals surface area (Å²) in [6, 6.07) is 21.7. The number of ether oxygens (including phenoxy) is 1. The molecule has 0 N–H and O–H groups in total. The van der Waals surface area contributed by atoms with Gasteiger partial charge in [-0.2, -0.15) is 0 Å². The van der Waals surface area contributed by atoms with Crippen molar-refractivity contribution in [1.82, 2.24) is 15.0 Å². The minimum absolute atomic E-state index is 0.216. The Morgan fingerprint density at radius 3 is 2.56 bits per heavy atom. The maximum absolute atomic E-state index is 6.15. The van der Waals surface area contributed by atoms with Crippen molar-refractivity contribution >= 4 is 22.4 Å². The lowest BCUT2D eigenvalue weighted by atomic mass is 10.1. The highest BCUT2D eigenvalue weighted by molar-refractivity contribution is 6.30. The van der Waals surface area contributed by atoms with Gasteiger partial charge in [0.15, 0.2) is 0 Å². The van der Waals surface area contributed by atoms with Gasteiger partial charge in [0.05, 0.1) is 11.9 Å². The number of halogens is 1. The van der Waals surface area contributed by atoms with E-state index < -0.39 is 0 Å². The van der Waals surface area contributed by atoms with Gasteiger partial charge in [0.1, 0.15) is 17.5 Å². The van der Waals surface area contributed by atoms with Crippen molar-refractivity contribution in [2.75, 3.05) is 0 Å². The summed E-state index contributed by atoms with van der Waals surface area (Å²) in [7, 11) is 0. The second kappa shape index (κ2) is 6.57. The van der Waals surface area contributed by atoms with Crippen molar-refractivity contribution in [1.29, 1.82) is 0 Å². The number of hydrogen-bond acceptors (Lipinski definition) is 3. The van der Waals surface area contributed by atoms with Crippen LogP contribution in [0.2, 0.25) is 5.02 Å². The summed E-state index contributed by atoms with van der Waals surface area (Å²) >= 11 is 5.93. The summed E-state index contributed by atoms with van der Waals surface area (Å²) in [6.45, 7) is 1.97. The van der Waals surface area contributed by atoms with Crippen molar-refractivity contribution in [2.24, 2.45) is 0 Å². The van der Waals surface area contributed by atoms with Gasteiger partial charge in [0.2, 0.25) is 0 Å². The highest BCUT2D eigenvalue weighted by Gasteiger charge is 2.14. The quantitative estimate of drug-likeness (QED) is 0.507. The van der Waals surface area contributed by atoms with Crippen molar-refractivity contribution < 1.29 is 4.74 Å². The van der Waals surface area contributed by atoms with Crippen LogP contribution in [0.1, 0.15) is 18.7 Å². The van der Waals surface area contributed by atoms with Gasteiger partial charge >= 0.3 is 0 Å². The largest absolute Gasteiger partial charge is 0.484 e. The molecule has 4 aromatic rings. The number of aromatic nitrogens is 3. The van der Waals surface area contributed by atoms with Crippen LogP contribution >= 0.6 is 11.6 Å². The van der Waals surface area contributed by atoms with Crippen molar-refractivity contribution in [2.45, 2.75) is 13.0 Å². The third-order valence-electron chi connectivity index (χ3n) is 4.07. The van der Waals surface area contributed by atoms with Gasteiger partial charge in [0.25, 0.3) is 0 Å². The topological polar surface area (TPSA) is 39.9 Å². The number of hydrogen-bond donors (Lipinski definition) is 0. The fraction of sp³-hybridized carbons (Fsp3) is 0.100. The number of fused-ring (bicyclic) bond motifs is 1. The SMILES string of the molecule is CC(Oc1cccc2ccccc12)c1cn(-c2ccc(Cl)cc2)nn1. The third kappa shape index (κ3) is 3.21. The maximum Gasteiger partial charge on any atom is 0.141 e. The maximum atomic E-state index is 6.15. The zero-order chi connectivity index (χ0) is 17.2. The van der Waals surface area contributed by atoms with Gasteiger partial charge in [-0.15, -0.1) is 5.10 Å². The molecule has 3 aromatic carbocycles. The van der Waals surface area contributed by atoms with E-state index in [1.807, 2.05) is 61.7 Å². The number of rotatable bonds is 4. The van der Waals surface area contributed by atoms with Crippen LogP contribution in [0.25, 0.3) is 16.5 Å². The molecule has 0 aliphatic carbocycles. The van der Waals surface area contributed by atoms with E-state index in [1.54, 1.807) is 4.68 Å². The normalized spacial score (nSPS) is 12.2. The summed E-state index contributed by atoms with van der Waals surface area (Å²) in [5.74, 6) is 0.839. The lowest BCUT2D eigenvalue weighted by molar-refractivity contribution is 0.224. The summed E-state index contributed by atoms with van der Waals surface area (Å²) in [5.41, 5.74) is 1.67. The third-order valence-corrected chi connectivity index (χ3v) is 4.32. The van der Waals surface area contributed by atoms with Crippen molar-refractivity contribution in [3.63, 3.8) is 0 Å². The van der Waals surface area contributed by atoms with Crippen LogP contribution in [-0.2, 0) is 0 Å². The summed E-state index contributed by atoms with van der Waals surface area (Å²) in [5, 5.41) is 11.4. The molecule has 0 fully saturated rings. The predicted molar refractivity (Wildman–Crippen MR) is 99.4 cm³/mol. The molecule has 0 radical (unpaired) electrons. The molecule has 4 nitrogen and oxygen atoms in total. The lowest BCUT2D eigenvalue weighted by Gasteiger charge is -2.14. The van der Waals surface area contributed by atoms with Gasteiger partial charge < -0.3 is 4.74 Å². The van der Waals surface area contributed by atoms with E-state index >= 15 is 0 Å². The van der Waals surface area contributed by atoms with Crippen LogP contribution in [0.5, 0.6) is 5.75 Å². The highest BCUT2D eigenvalue weighted by atomic mass is 35.5. The molecule has 0 saturated heterocycles. The predicted octanol–water partition coefficient (Wildman–Crippen LogP) is 5.21. The van der Waals surface area contributed by atoms with Crippen molar-refractivity contribution in [3.05, 3.63) is 83.6 Å². The first-order valence-corrected chi connectivity index (χ1v) is 8.41. The monoisotopic (exact) mass is 349 g/mol. The molecule has 124 valence electrons. The molecule has 1 heterocycles. The van der Waals surface area contributed by atoms with Crippen LogP contribution in [0.4, 0.5) is 0 Å². The average Bonchev–Trinajstić information content (AvgIpc) is 3.13. The summed E-state index contributed by atoms with van der Waals surface area (Å²) < 4.78 is 7.86. The Hall–Kier alpha value is -2.85. The molecule has 0 aliphatic rings. The first-order chi connectivity index (χ1) is 12.2. The molecule has 5 heteroatoms. The minimum atomic E-state index is -0.216. The molecular weight excluding hydrogens is 334 g/mol. The van der Waals surface area contributed by atoms with E-state index in [0.29, 0.717) is 5.02 Å². The Morgan fingerprint density at radius 2 is 1.72 bits per heavy atom. The van der Waals surface area contributed by atoms with E-state index in [9.17, 15) is 0 Å². The molecule has 0 bridgehead atoms. The van der Waals surface area contributed by atoms with E-state index in [-0.39, 0.29) is 6.10 Å². The summed E-state index contributed by atoms with van der Waals surface area (Å²) in [4.78, 5) is 0. The zero-order valence-corrected chi connectivity index (χ0v) is 14.4. The summed E-state index contributed by atoms with van der Waals surface area (Å²) in [6.07, 6.45) is 1.66. The van der Waals surface area contributed by atoms with Crippen molar-refractivity contribution in [3.8, 4) is 11.4 Å². The zero-order valence-electron chi connectivity index (χ0n) is 13.6. The second-order valence-corrected chi connectivity index (χ2v) is 6.24. The van der Waals surface area contributed by atoms with Gasteiger partial charge in [-0.05, 0) is 42.6 Å². The van der Waals surface area contributed by atoms with Gasteiger partial charge in [0, 0.05) is 10.4 Å². The highest BCUT2D eigenvalue weighted by Crippen LogP contribution is 2.29. The van der Waals surface area contributed by atoms with E-state index in [2.05, 4.69) is 28.5 Å². The standard InChI is InChI=1S/C20H16ClN3O/c1-14(25-20-8-4-6-15-5-2-3-7-18(15)20)19-13-24(23-22-19)17-11-9-16(21)10-12-17/h2-14H,1H3. The van der Waals surface area contributed by atoms with Crippen LogP contribution in [0, 0.1) is 0 Å². The van der Waals surface area contributed by atoms with E-state index in [4.69, 9.17) is 16.3 Å². The molecule has 1 atom stereocenters. The minimum Gasteiger partial charge on any atom is -0.484 e. The Balaban J connectivity index is 1.59. The molecular formula is C20H16ClN3O. The smallest absolute Gasteiger partial charge is 0.141 e. The number of nitrogens with zero attached hydrogens (tertiary/aromatic N) is 3. The Morgan fingerprint density at radius 1 is 0.960 bits per heavy atom. The molecule has 1 aromatic heterocycles. The molecule has 0 amide bonds. The lowest BCUT2D eigenvalue weighted by Crippen LogP contribution is -2.04. The molecule has 0 spiro atoms. The van der Waals surface area contributed by atoms with Crippen LogP contribution in [0.3, 0.4) is 0 Å². The van der Waals surface area contributed by atoms with Gasteiger partial charge in [-0.3, -0.25) is 0 Å². The Kier molecular flexibility index (Phi) is 4.12. The van der Waals surface area contributed by atoms with Gasteiger partial charge in [-0.25, -0.2) is 4.68 Å². The number of benzene rings is 3. The molecule has 0 saturated carbocycles. The van der Waals surface area contributed by atoms with E-state index in [0.717, 1.165) is 27.9 Å². The van der Waals surface area contributed by atoms with Crippen LogP contribution in [-0.4, -0.2) is 15.0 Å². The van der Waals surface area contributed by atoms with Crippen LogP contribution < -0.4 is 4.74 Å². The fourth-order valence-corrected chi connectivity index (χ4v) is 2.86.